The molecule has 8 nitrogen and oxygen atoms in total. The maximum atomic E-state index is 13.4. The van der Waals surface area contributed by atoms with E-state index in [0.717, 1.165) is 37.0 Å². The van der Waals surface area contributed by atoms with Crippen molar-refractivity contribution in [1.29, 1.82) is 0 Å². The van der Waals surface area contributed by atoms with Gasteiger partial charge in [0, 0.05) is 25.1 Å². The van der Waals surface area contributed by atoms with E-state index in [-0.39, 0.29) is 29.9 Å². The number of carbonyl (C=O) groups is 3. The normalized spacial score (nSPS) is 18.7. The number of nitrogens with zero attached hydrogens (tertiary/aromatic N) is 3. The van der Waals surface area contributed by atoms with Crippen LogP contribution in [-0.2, 0) is 22.2 Å². The van der Waals surface area contributed by atoms with E-state index >= 15 is 0 Å². The van der Waals surface area contributed by atoms with Crippen molar-refractivity contribution >= 4 is 28.6 Å². The van der Waals surface area contributed by atoms with Gasteiger partial charge in [-0.25, -0.2) is 4.98 Å². The van der Waals surface area contributed by atoms with Crippen LogP contribution in [0.5, 0.6) is 0 Å². The van der Waals surface area contributed by atoms with Gasteiger partial charge in [0.05, 0.1) is 16.5 Å². The fraction of sp³-hybridized carbons (Fsp3) is 0.414. The molecule has 0 aliphatic carbocycles. The highest BCUT2D eigenvalue weighted by atomic mass is 19.4. The molecule has 2 aliphatic heterocycles. The summed E-state index contributed by atoms with van der Waals surface area (Å²) in [5.74, 6) is -0.511. The van der Waals surface area contributed by atoms with Gasteiger partial charge < -0.3 is 4.90 Å². The lowest BCUT2D eigenvalue weighted by atomic mass is 9.90. The summed E-state index contributed by atoms with van der Waals surface area (Å²) in [5.41, 5.74) is 0.373. The molecule has 5 rings (SSSR count). The summed E-state index contributed by atoms with van der Waals surface area (Å²) >= 11 is 0. The van der Waals surface area contributed by atoms with Crippen LogP contribution >= 0.6 is 0 Å². The Morgan fingerprint density at radius 2 is 1.80 bits per heavy atom. The van der Waals surface area contributed by atoms with E-state index in [1.165, 1.54) is 16.7 Å². The van der Waals surface area contributed by atoms with Gasteiger partial charge in [0.25, 0.3) is 11.5 Å². The number of halogens is 3. The largest absolute Gasteiger partial charge is 0.416 e. The third kappa shape index (κ3) is 5.64. The summed E-state index contributed by atoms with van der Waals surface area (Å²) in [4.78, 5) is 56.3. The summed E-state index contributed by atoms with van der Waals surface area (Å²) in [6, 6.07) is 9.27. The van der Waals surface area contributed by atoms with Crippen LogP contribution in [0.1, 0.15) is 65.5 Å². The molecule has 2 aliphatic rings. The van der Waals surface area contributed by atoms with Gasteiger partial charge >= 0.3 is 6.18 Å². The molecule has 2 aromatic carbocycles. The fourth-order valence-electron chi connectivity index (χ4n) is 5.61. The number of rotatable bonds is 5. The van der Waals surface area contributed by atoms with Crippen LogP contribution in [0.15, 0.2) is 47.3 Å². The molecule has 1 aromatic heterocycles. The number of alkyl halides is 3. The van der Waals surface area contributed by atoms with Crippen LogP contribution in [-0.4, -0.2) is 45.3 Å². The van der Waals surface area contributed by atoms with Gasteiger partial charge in [-0.3, -0.25) is 29.1 Å². The summed E-state index contributed by atoms with van der Waals surface area (Å²) in [5, 5.41) is 2.70. The Morgan fingerprint density at radius 3 is 2.50 bits per heavy atom. The number of aromatic nitrogens is 2. The second kappa shape index (κ2) is 10.9. The quantitative estimate of drug-likeness (QED) is 0.477. The summed E-state index contributed by atoms with van der Waals surface area (Å²) in [6.07, 6.45) is -1.09. The highest BCUT2D eigenvalue weighted by Gasteiger charge is 2.32. The molecular weight excluding hydrogens is 525 g/mol. The van der Waals surface area contributed by atoms with E-state index in [2.05, 4.69) is 10.3 Å². The third-order valence-electron chi connectivity index (χ3n) is 7.84. The van der Waals surface area contributed by atoms with Crippen molar-refractivity contribution in [1.82, 2.24) is 19.8 Å². The van der Waals surface area contributed by atoms with Crippen molar-refractivity contribution in [3.63, 3.8) is 0 Å². The second-order valence-corrected chi connectivity index (χ2v) is 10.5. The topological polar surface area (TPSA) is 101 Å². The zero-order chi connectivity index (χ0) is 28.6. The molecule has 2 fully saturated rings. The van der Waals surface area contributed by atoms with Gasteiger partial charge in [-0.2, -0.15) is 13.2 Å². The number of nitrogens with one attached hydrogen (secondary N) is 1. The summed E-state index contributed by atoms with van der Waals surface area (Å²) in [7, 11) is 0. The van der Waals surface area contributed by atoms with E-state index in [9.17, 15) is 32.3 Å². The molecule has 11 heteroatoms. The number of hydrogen-bond acceptors (Lipinski definition) is 5. The smallest absolute Gasteiger partial charge is 0.339 e. The SMILES string of the molecule is Cc1nc2ccc(CCC3CCN(C(=O)c4cccc(C(F)(F)F)c4)CC3)cc2c(=O)n1C1CCC(=O)NC1=O. The lowest BCUT2D eigenvalue weighted by Gasteiger charge is -2.32. The van der Waals surface area contributed by atoms with Gasteiger partial charge in [0.2, 0.25) is 11.8 Å². The molecule has 3 amide bonds. The molecule has 40 heavy (non-hydrogen) atoms. The Kier molecular flexibility index (Phi) is 7.48. The number of piperidine rings is 2. The van der Waals surface area contributed by atoms with E-state index in [1.54, 1.807) is 24.0 Å². The standard InChI is InChI=1S/C29H29F3N4O4/c1-17-33-23-8-7-19(15-22(23)28(40)36(17)24-9-10-25(37)34-26(24)38)6-5-18-11-13-35(14-12-18)27(39)20-3-2-4-21(16-20)29(30,31)32/h2-4,7-8,15-16,18,24H,5-6,9-14H2,1H3,(H,34,37,38). The monoisotopic (exact) mass is 554 g/mol. The van der Waals surface area contributed by atoms with Crippen LogP contribution in [0.25, 0.3) is 10.9 Å². The Labute approximate surface area is 228 Å². The molecule has 1 atom stereocenters. The molecule has 2 saturated heterocycles. The maximum Gasteiger partial charge on any atom is 0.416 e. The lowest BCUT2D eigenvalue weighted by Crippen LogP contribution is -2.45. The molecule has 0 bridgehead atoms. The van der Waals surface area contributed by atoms with Gasteiger partial charge in [-0.05, 0) is 80.8 Å². The van der Waals surface area contributed by atoms with Crippen LogP contribution in [0.4, 0.5) is 13.2 Å². The molecule has 1 N–H and O–H groups in total. The van der Waals surface area contributed by atoms with Crippen LogP contribution in [0.3, 0.4) is 0 Å². The summed E-state index contributed by atoms with van der Waals surface area (Å²) in [6.45, 7) is 2.61. The molecule has 0 saturated carbocycles. The first-order chi connectivity index (χ1) is 19.0. The first kappa shape index (κ1) is 27.5. The average molecular weight is 555 g/mol. The first-order valence-corrected chi connectivity index (χ1v) is 13.3. The van der Waals surface area contributed by atoms with Crippen LogP contribution in [0, 0.1) is 12.8 Å². The predicted octanol–water partition coefficient (Wildman–Crippen LogP) is 4.19. The van der Waals surface area contributed by atoms with Crippen molar-refractivity contribution in [3.05, 3.63) is 75.3 Å². The van der Waals surface area contributed by atoms with Gasteiger partial charge in [-0.1, -0.05) is 12.1 Å². The Bertz CT molecular complexity index is 1540. The minimum Gasteiger partial charge on any atom is -0.339 e. The Balaban J connectivity index is 1.23. The second-order valence-electron chi connectivity index (χ2n) is 10.5. The van der Waals surface area contributed by atoms with Crippen LogP contribution in [0.2, 0.25) is 0 Å². The van der Waals surface area contributed by atoms with E-state index < -0.39 is 29.6 Å². The zero-order valence-corrected chi connectivity index (χ0v) is 22.0. The number of carbonyl (C=O) groups excluding carboxylic acids is 3. The number of fused-ring (bicyclic) bond motifs is 1. The van der Waals surface area contributed by atoms with E-state index in [0.29, 0.717) is 42.2 Å². The van der Waals surface area contributed by atoms with Crippen molar-refractivity contribution in [2.24, 2.45) is 5.92 Å². The van der Waals surface area contributed by atoms with Gasteiger partial charge in [0.1, 0.15) is 11.9 Å². The summed E-state index contributed by atoms with van der Waals surface area (Å²) < 4.78 is 40.5. The van der Waals surface area contributed by atoms with Crippen molar-refractivity contribution in [2.75, 3.05) is 13.1 Å². The molecule has 0 spiro atoms. The third-order valence-corrected chi connectivity index (χ3v) is 7.84. The Morgan fingerprint density at radius 1 is 1.05 bits per heavy atom. The molecule has 1 unspecified atom stereocenters. The number of imide groups is 1. The molecule has 210 valence electrons. The number of benzene rings is 2. The highest BCUT2D eigenvalue weighted by molar-refractivity contribution is 5.99. The number of amides is 3. The minimum absolute atomic E-state index is 0.0382. The van der Waals surface area contributed by atoms with Crippen LogP contribution < -0.4 is 10.9 Å². The van der Waals surface area contributed by atoms with E-state index in [1.807, 2.05) is 6.07 Å². The average Bonchev–Trinajstić information content (AvgIpc) is 2.92. The molecule has 0 radical (unpaired) electrons. The van der Waals surface area contributed by atoms with Gasteiger partial charge in [0.15, 0.2) is 0 Å². The van der Waals surface area contributed by atoms with Crippen molar-refractivity contribution in [3.8, 4) is 0 Å². The number of hydrogen-bond donors (Lipinski definition) is 1. The Hall–Kier alpha value is -4.02. The first-order valence-electron chi connectivity index (χ1n) is 13.3. The van der Waals surface area contributed by atoms with Crippen molar-refractivity contribution in [2.45, 2.75) is 57.7 Å². The van der Waals surface area contributed by atoms with E-state index in [4.69, 9.17) is 0 Å². The molecular formula is C29H29F3N4O4. The highest BCUT2D eigenvalue weighted by Crippen LogP contribution is 2.30. The minimum atomic E-state index is -4.50. The van der Waals surface area contributed by atoms with Gasteiger partial charge in [-0.15, -0.1) is 0 Å². The zero-order valence-electron chi connectivity index (χ0n) is 22.0. The number of aryl methyl sites for hydroxylation is 2. The predicted molar refractivity (Wildman–Crippen MR) is 141 cm³/mol. The van der Waals surface area contributed by atoms with Crippen molar-refractivity contribution < 1.29 is 27.6 Å². The maximum absolute atomic E-state index is 13.4. The molecule has 3 aromatic rings. The lowest BCUT2D eigenvalue weighted by molar-refractivity contribution is -0.138. The number of likely N-dealkylation sites (tertiary alicyclic amines) is 1. The molecule has 3 heterocycles. The fourth-order valence-corrected chi connectivity index (χ4v) is 5.61.